The van der Waals surface area contributed by atoms with E-state index in [1.54, 1.807) is 59.6 Å². The zero-order valence-electron chi connectivity index (χ0n) is 20.6. The number of carboxylic acids is 1. The molecule has 5 aromatic rings. The van der Waals surface area contributed by atoms with Gasteiger partial charge in [0.2, 0.25) is 0 Å². The summed E-state index contributed by atoms with van der Waals surface area (Å²) in [7, 11) is 0. The Hall–Kier alpha value is -4.83. The fraction of sp³-hybridized carbons (Fsp3) is 0.143. The fourth-order valence-electron chi connectivity index (χ4n) is 4.23. The van der Waals surface area contributed by atoms with Gasteiger partial charge in [0.15, 0.2) is 0 Å². The van der Waals surface area contributed by atoms with Gasteiger partial charge >= 0.3 is 5.97 Å². The minimum Gasteiger partial charge on any atom is -0.480 e. The highest BCUT2D eigenvalue weighted by atomic mass is 35.5. The third-order valence-corrected chi connectivity index (χ3v) is 6.31. The third kappa shape index (κ3) is 6.19. The monoisotopic (exact) mass is 542 g/mol. The van der Waals surface area contributed by atoms with Crippen molar-refractivity contribution in [1.82, 2.24) is 29.6 Å². The van der Waals surface area contributed by atoms with Gasteiger partial charge in [0.25, 0.3) is 11.5 Å². The number of carboxylic acid groups (broad SMARTS) is 1. The molecule has 0 radical (unpaired) electrons. The molecular formula is C28H23ClN6O4. The molecule has 0 spiro atoms. The number of carbonyl (C=O) groups is 2. The van der Waals surface area contributed by atoms with Gasteiger partial charge in [-0.2, -0.15) is 5.10 Å². The number of aliphatic carboxylic acids is 1. The van der Waals surface area contributed by atoms with Gasteiger partial charge < -0.3 is 15.0 Å². The lowest BCUT2D eigenvalue weighted by molar-refractivity contribution is -0.137. The smallest absolute Gasteiger partial charge is 0.325 e. The topological polar surface area (TPSA) is 132 Å². The van der Waals surface area contributed by atoms with Crippen molar-refractivity contribution in [3.63, 3.8) is 0 Å². The summed E-state index contributed by atoms with van der Waals surface area (Å²) in [6.45, 7) is 0.161. The molecule has 10 nitrogen and oxygen atoms in total. The van der Waals surface area contributed by atoms with Gasteiger partial charge in [-0.25, -0.2) is 0 Å². The predicted molar refractivity (Wildman–Crippen MR) is 145 cm³/mol. The Morgan fingerprint density at radius 2 is 1.87 bits per heavy atom. The van der Waals surface area contributed by atoms with E-state index in [1.165, 1.54) is 16.9 Å². The average molecular weight is 543 g/mol. The standard InChI is InChI=1S/C28H23ClN6O4/c29-21-5-7-25-23(11-21)24(33-35(25)17-27(37)38)15-32-28(39)20-10-19(12-30-14-20)9-18-4-6-22(31-13-18)16-34-8-2-1-3-26(34)36/h1-8,10-14H,9,15-17H2,(H,32,39)(H,37,38). The second kappa shape index (κ2) is 11.3. The molecule has 39 heavy (non-hydrogen) atoms. The van der Waals surface area contributed by atoms with Crippen LogP contribution in [-0.4, -0.2) is 41.3 Å². The molecule has 5 rings (SSSR count). The van der Waals surface area contributed by atoms with Crippen LogP contribution in [0.25, 0.3) is 10.9 Å². The van der Waals surface area contributed by atoms with Gasteiger partial charge in [-0.05, 0) is 47.5 Å². The van der Waals surface area contributed by atoms with Crippen molar-refractivity contribution in [1.29, 1.82) is 0 Å². The highest BCUT2D eigenvalue weighted by molar-refractivity contribution is 6.31. The number of hydrogen-bond donors (Lipinski definition) is 2. The maximum Gasteiger partial charge on any atom is 0.325 e. The minimum absolute atomic E-state index is 0.0857. The molecule has 1 aromatic carbocycles. The van der Waals surface area contributed by atoms with E-state index in [-0.39, 0.29) is 24.6 Å². The number of hydrogen-bond acceptors (Lipinski definition) is 6. The molecule has 0 atom stereocenters. The van der Waals surface area contributed by atoms with E-state index in [4.69, 9.17) is 11.6 Å². The van der Waals surface area contributed by atoms with Crippen molar-refractivity contribution in [3.8, 4) is 0 Å². The minimum atomic E-state index is -1.02. The lowest BCUT2D eigenvalue weighted by Gasteiger charge is -2.08. The molecule has 1 amide bonds. The van der Waals surface area contributed by atoms with E-state index in [0.717, 1.165) is 16.8 Å². The molecule has 0 unspecified atom stereocenters. The second-order valence-corrected chi connectivity index (χ2v) is 9.36. The number of fused-ring (bicyclic) bond motifs is 1. The summed E-state index contributed by atoms with van der Waals surface area (Å²) < 4.78 is 2.96. The Balaban J connectivity index is 1.25. The molecule has 4 aromatic heterocycles. The maximum atomic E-state index is 12.9. The Morgan fingerprint density at radius 3 is 2.64 bits per heavy atom. The van der Waals surface area contributed by atoms with Crippen LogP contribution < -0.4 is 10.9 Å². The van der Waals surface area contributed by atoms with Crippen LogP contribution in [0.4, 0.5) is 0 Å². The molecule has 0 bridgehead atoms. The summed E-state index contributed by atoms with van der Waals surface area (Å²) in [5, 5.41) is 17.6. The van der Waals surface area contributed by atoms with Crippen LogP contribution in [0.15, 0.2) is 84.2 Å². The normalized spacial score (nSPS) is 11.0. The summed E-state index contributed by atoms with van der Waals surface area (Å²) in [6.07, 6.45) is 7.17. The summed E-state index contributed by atoms with van der Waals surface area (Å²) in [4.78, 5) is 44.7. The molecule has 2 N–H and O–H groups in total. The molecule has 0 fully saturated rings. The van der Waals surface area contributed by atoms with Crippen LogP contribution in [0.2, 0.25) is 5.02 Å². The zero-order valence-corrected chi connectivity index (χ0v) is 21.4. The average Bonchev–Trinajstić information content (AvgIpc) is 3.25. The Morgan fingerprint density at radius 1 is 1.00 bits per heavy atom. The SMILES string of the molecule is O=C(O)Cn1nc(CNC(=O)c2cncc(Cc3ccc(Cn4ccccc4=O)nc3)c2)c2cc(Cl)ccc21. The summed E-state index contributed by atoms with van der Waals surface area (Å²) in [5.41, 5.74) is 3.95. The number of amides is 1. The molecule has 0 aliphatic carbocycles. The Bertz CT molecular complexity index is 1730. The highest BCUT2D eigenvalue weighted by Gasteiger charge is 2.15. The lowest BCUT2D eigenvalue weighted by atomic mass is 10.1. The van der Waals surface area contributed by atoms with E-state index in [2.05, 4.69) is 20.4 Å². The summed E-state index contributed by atoms with van der Waals surface area (Å²) in [5.74, 6) is -1.36. The second-order valence-electron chi connectivity index (χ2n) is 8.93. The van der Waals surface area contributed by atoms with Gasteiger partial charge in [-0.3, -0.25) is 29.0 Å². The number of pyridine rings is 3. The maximum absolute atomic E-state index is 12.9. The first-order valence-electron chi connectivity index (χ1n) is 12.0. The van der Waals surface area contributed by atoms with E-state index in [9.17, 15) is 19.5 Å². The first-order chi connectivity index (χ1) is 18.9. The zero-order chi connectivity index (χ0) is 27.4. The Kier molecular flexibility index (Phi) is 7.46. The van der Waals surface area contributed by atoms with Crippen LogP contribution >= 0.6 is 11.6 Å². The van der Waals surface area contributed by atoms with Crippen LogP contribution in [0.5, 0.6) is 0 Å². The molecule has 4 heterocycles. The molecule has 0 saturated heterocycles. The van der Waals surface area contributed by atoms with Crippen molar-refractivity contribution < 1.29 is 14.7 Å². The van der Waals surface area contributed by atoms with Crippen molar-refractivity contribution in [2.75, 3.05) is 0 Å². The lowest BCUT2D eigenvalue weighted by Crippen LogP contribution is -2.23. The van der Waals surface area contributed by atoms with Gasteiger partial charge in [0, 0.05) is 47.7 Å². The predicted octanol–water partition coefficient (Wildman–Crippen LogP) is 3.30. The van der Waals surface area contributed by atoms with E-state index in [1.807, 2.05) is 12.1 Å². The van der Waals surface area contributed by atoms with Crippen LogP contribution in [0.3, 0.4) is 0 Å². The number of halogens is 1. The van der Waals surface area contributed by atoms with Crippen LogP contribution in [0.1, 0.15) is 32.9 Å². The number of nitrogens with zero attached hydrogens (tertiary/aromatic N) is 5. The van der Waals surface area contributed by atoms with E-state index >= 15 is 0 Å². The van der Waals surface area contributed by atoms with Crippen molar-refractivity contribution in [2.45, 2.75) is 26.1 Å². The van der Waals surface area contributed by atoms with Crippen molar-refractivity contribution >= 4 is 34.4 Å². The molecule has 196 valence electrons. The first-order valence-corrected chi connectivity index (χ1v) is 12.4. The number of rotatable bonds is 9. The number of aromatic nitrogens is 5. The van der Waals surface area contributed by atoms with Crippen molar-refractivity contribution in [2.24, 2.45) is 0 Å². The van der Waals surface area contributed by atoms with E-state index in [0.29, 0.717) is 40.1 Å². The number of carbonyl (C=O) groups excluding carboxylic acids is 1. The first kappa shape index (κ1) is 25.8. The summed E-state index contributed by atoms with van der Waals surface area (Å²) in [6, 6.07) is 15.6. The molecule has 0 aliphatic heterocycles. The third-order valence-electron chi connectivity index (χ3n) is 6.07. The summed E-state index contributed by atoms with van der Waals surface area (Å²) >= 11 is 6.13. The van der Waals surface area contributed by atoms with Crippen LogP contribution in [-0.2, 0) is 30.8 Å². The molecule has 11 heteroatoms. The van der Waals surface area contributed by atoms with Crippen LogP contribution in [0, 0.1) is 0 Å². The Labute approximate surface area is 227 Å². The molecule has 0 aliphatic rings. The number of benzene rings is 1. The molecule has 0 saturated carbocycles. The molecular weight excluding hydrogens is 520 g/mol. The van der Waals surface area contributed by atoms with Gasteiger partial charge in [0.1, 0.15) is 6.54 Å². The van der Waals surface area contributed by atoms with Gasteiger partial charge in [-0.1, -0.05) is 23.7 Å². The van der Waals surface area contributed by atoms with E-state index < -0.39 is 5.97 Å². The highest BCUT2D eigenvalue weighted by Crippen LogP contribution is 2.23. The quantitative estimate of drug-likeness (QED) is 0.292. The van der Waals surface area contributed by atoms with Gasteiger partial charge in [-0.15, -0.1) is 0 Å². The number of nitrogens with one attached hydrogen (secondary N) is 1. The van der Waals surface area contributed by atoms with Gasteiger partial charge in [0.05, 0.1) is 35.6 Å². The largest absolute Gasteiger partial charge is 0.480 e. The van der Waals surface area contributed by atoms with Crippen molar-refractivity contribution in [3.05, 3.63) is 123 Å². The fourth-order valence-corrected chi connectivity index (χ4v) is 4.40.